The summed E-state index contributed by atoms with van der Waals surface area (Å²) in [6.07, 6.45) is 4.20. The van der Waals surface area contributed by atoms with Crippen LogP contribution in [0, 0.1) is 0 Å². The number of piperidine rings is 2. The first kappa shape index (κ1) is 21.0. The summed E-state index contributed by atoms with van der Waals surface area (Å²) in [6.45, 7) is 3.61. The van der Waals surface area contributed by atoms with Crippen molar-refractivity contribution in [3.8, 4) is 11.5 Å². The molecule has 0 saturated carbocycles. The summed E-state index contributed by atoms with van der Waals surface area (Å²) in [6, 6.07) is 7.27. The highest BCUT2D eigenvalue weighted by molar-refractivity contribution is 5.79. The Morgan fingerprint density at radius 2 is 1.91 bits per heavy atom. The maximum absolute atomic E-state index is 13.0. The third kappa shape index (κ3) is 4.50. The van der Waals surface area contributed by atoms with Gasteiger partial charge in [0.15, 0.2) is 11.5 Å². The van der Waals surface area contributed by atoms with E-state index in [9.17, 15) is 9.59 Å². The van der Waals surface area contributed by atoms with Crippen LogP contribution >= 0.6 is 0 Å². The third-order valence-corrected chi connectivity index (χ3v) is 6.87. The van der Waals surface area contributed by atoms with E-state index in [-0.39, 0.29) is 24.2 Å². The Bertz CT molecular complexity index is 1040. The third-order valence-electron chi connectivity index (χ3n) is 6.87. The molecule has 1 N–H and O–H groups in total. The monoisotopic (exact) mass is 438 g/mol. The minimum absolute atomic E-state index is 0.0901. The average Bonchev–Trinajstić information content (AvgIpc) is 3.27. The number of benzene rings is 1. The second-order valence-electron chi connectivity index (χ2n) is 9.18. The van der Waals surface area contributed by atoms with Crippen molar-refractivity contribution in [1.82, 2.24) is 19.8 Å². The molecular weight excluding hydrogens is 408 g/mol. The zero-order chi connectivity index (χ0) is 22.1. The van der Waals surface area contributed by atoms with Crippen molar-refractivity contribution in [2.45, 2.75) is 43.9 Å². The fourth-order valence-corrected chi connectivity index (χ4v) is 4.96. The second kappa shape index (κ2) is 8.94. The normalized spacial score (nSPS) is 21.7. The van der Waals surface area contributed by atoms with Crippen LogP contribution in [0.3, 0.4) is 0 Å². The van der Waals surface area contributed by atoms with Crippen LogP contribution < -0.4 is 15.0 Å². The summed E-state index contributed by atoms with van der Waals surface area (Å²) in [7, 11) is 2.13. The lowest BCUT2D eigenvalue weighted by atomic mass is 9.92. The number of carbonyl (C=O) groups is 1. The fraction of sp³-hybridized carbons (Fsp3) is 0.542. The second-order valence-corrected chi connectivity index (χ2v) is 9.18. The number of aromatic amines is 1. The number of hydrogen-bond donors (Lipinski definition) is 1. The molecular formula is C24H30N4O4. The summed E-state index contributed by atoms with van der Waals surface area (Å²) in [5, 5.41) is 0. The smallest absolute Gasteiger partial charge is 0.251 e. The minimum atomic E-state index is -0.0901. The van der Waals surface area contributed by atoms with Gasteiger partial charge >= 0.3 is 0 Å². The Labute approximate surface area is 187 Å². The molecule has 0 bridgehead atoms. The van der Waals surface area contributed by atoms with Gasteiger partial charge in [-0.1, -0.05) is 6.07 Å². The predicted octanol–water partition coefficient (Wildman–Crippen LogP) is 2.26. The predicted molar refractivity (Wildman–Crippen MR) is 119 cm³/mol. The van der Waals surface area contributed by atoms with Gasteiger partial charge < -0.3 is 24.3 Å². The lowest BCUT2D eigenvalue weighted by Gasteiger charge is -2.33. The van der Waals surface area contributed by atoms with Gasteiger partial charge in [0.2, 0.25) is 12.7 Å². The van der Waals surface area contributed by atoms with E-state index >= 15 is 0 Å². The standard InChI is InChI=1S/C24H30N4O4/c1-27-9-6-17(7-10-27)24-25-19(13-22(29)26-24)18-3-2-8-28(14-18)23(30)12-16-4-5-20-21(11-16)32-15-31-20/h4-5,11,13,17-18H,2-3,6-10,12,14-15H2,1H3,(H,25,26,29)/t18-/m1/s1. The topological polar surface area (TPSA) is 87.8 Å². The summed E-state index contributed by atoms with van der Waals surface area (Å²) in [5.74, 6) is 2.71. The fourth-order valence-electron chi connectivity index (χ4n) is 4.96. The number of H-pyrrole nitrogens is 1. The maximum Gasteiger partial charge on any atom is 0.251 e. The van der Waals surface area contributed by atoms with Crippen LogP contribution in [0.4, 0.5) is 0 Å². The van der Waals surface area contributed by atoms with Crippen LogP contribution in [0.2, 0.25) is 0 Å². The van der Waals surface area contributed by atoms with Gasteiger partial charge in [0.05, 0.1) is 12.1 Å². The molecule has 2 aromatic rings. The van der Waals surface area contributed by atoms with Crippen molar-refractivity contribution < 1.29 is 14.3 Å². The van der Waals surface area contributed by atoms with E-state index < -0.39 is 0 Å². The number of amides is 1. The molecule has 3 aliphatic rings. The Morgan fingerprint density at radius 3 is 2.75 bits per heavy atom. The molecule has 1 atom stereocenters. The van der Waals surface area contributed by atoms with Crippen LogP contribution in [0.15, 0.2) is 29.1 Å². The van der Waals surface area contributed by atoms with E-state index in [0.29, 0.717) is 24.6 Å². The minimum Gasteiger partial charge on any atom is -0.454 e. The highest BCUT2D eigenvalue weighted by Gasteiger charge is 2.28. The molecule has 1 aromatic carbocycles. The largest absolute Gasteiger partial charge is 0.454 e. The van der Waals surface area contributed by atoms with E-state index in [0.717, 1.165) is 68.1 Å². The van der Waals surface area contributed by atoms with Crippen LogP contribution in [0.1, 0.15) is 54.6 Å². The number of likely N-dealkylation sites (tertiary alicyclic amines) is 2. The molecule has 0 unspecified atom stereocenters. The van der Waals surface area contributed by atoms with E-state index in [2.05, 4.69) is 16.9 Å². The number of hydrogen-bond acceptors (Lipinski definition) is 6. The van der Waals surface area contributed by atoms with Gasteiger partial charge in [-0.2, -0.15) is 0 Å². The number of nitrogens with one attached hydrogen (secondary N) is 1. The molecule has 2 fully saturated rings. The lowest BCUT2D eigenvalue weighted by molar-refractivity contribution is -0.131. The zero-order valence-corrected chi connectivity index (χ0v) is 18.5. The summed E-state index contributed by atoms with van der Waals surface area (Å²) < 4.78 is 10.8. The molecule has 5 rings (SSSR count). The van der Waals surface area contributed by atoms with Crippen LogP contribution in [-0.4, -0.2) is 65.7 Å². The summed E-state index contributed by atoms with van der Waals surface area (Å²) in [4.78, 5) is 37.5. The van der Waals surface area contributed by atoms with Gasteiger partial charge in [0, 0.05) is 31.0 Å². The molecule has 1 aromatic heterocycles. The molecule has 3 aliphatic heterocycles. The summed E-state index contributed by atoms with van der Waals surface area (Å²) >= 11 is 0. The van der Waals surface area contributed by atoms with Crippen molar-refractivity contribution >= 4 is 5.91 Å². The van der Waals surface area contributed by atoms with Gasteiger partial charge in [-0.05, 0) is 63.5 Å². The first-order valence-corrected chi connectivity index (χ1v) is 11.5. The Morgan fingerprint density at radius 1 is 1.09 bits per heavy atom. The molecule has 0 aliphatic carbocycles. The van der Waals surface area contributed by atoms with Crippen molar-refractivity contribution in [1.29, 1.82) is 0 Å². The molecule has 0 spiro atoms. The van der Waals surface area contributed by atoms with E-state index in [1.807, 2.05) is 23.1 Å². The zero-order valence-electron chi connectivity index (χ0n) is 18.5. The Balaban J connectivity index is 1.27. The van der Waals surface area contributed by atoms with Crippen LogP contribution in [0.5, 0.6) is 11.5 Å². The van der Waals surface area contributed by atoms with Crippen molar-refractivity contribution in [3.63, 3.8) is 0 Å². The number of nitrogens with zero attached hydrogens (tertiary/aromatic N) is 3. The molecule has 8 heteroatoms. The van der Waals surface area contributed by atoms with Crippen molar-refractivity contribution in [2.75, 3.05) is 40.0 Å². The molecule has 8 nitrogen and oxygen atoms in total. The van der Waals surface area contributed by atoms with Crippen LogP contribution in [-0.2, 0) is 11.2 Å². The molecule has 170 valence electrons. The maximum atomic E-state index is 13.0. The highest BCUT2D eigenvalue weighted by Crippen LogP contribution is 2.33. The molecule has 0 radical (unpaired) electrons. The Kier molecular flexibility index (Phi) is 5.87. The van der Waals surface area contributed by atoms with Gasteiger partial charge in [0.25, 0.3) is 5.56 Å². The van der Waals surface area contributed by atoms with Gasteiger partial charge in [-0.25, -0.2) is 4.98 Å². The first-order valence-electron chi connectivity index (χ1n) is 11.5. The SMILES string of the molecule is CN1CCC(c2nc([C@@H]3CCCN(C(=O)Cc4ccc5c(c4)OCO5)C3)cc(=O)[nH]2)CC1. The van der Waals surface area contributed by atoms with Gasteiger partial charge in [-0.3, -0.25) is 9.59 Å². The van der Waals surface area contributed by atoms with Crippen LogP contribution in [0.25, 0.3) is 0 Å². The first-order chi connectivity index (χ1) is 15.5. The van der Waals surface area contributed by atoms with Crippen molar-refractivity contribution in [3.05, 3.63) is 51.7 Å². The quantitative estimate of drug-likeness (QED) is 0.788. The van der Waals surface area contributed by atoms with E-state index in [1.54, 1.807) is 6.07 Å². The molecule has 4 heterocycles. The van der Waals surface area contributed by atoms with E-state index in [1.165, 1.54) is 0 Å². The number of aromatic nitrogens is 2. The highest BCUT2D eigenvalue weighted by atomic mass is 16.7. The average molecular weight is 439 g/mol. The van der Waals surface area contributed by atoms with Gasteiger partial charge in [-0.15, -0.1) is 0 Å². The number of rotatable bonds is 4. The van der Waals surface area contributed by atoms with E-state index in [4.69, 9.17) is 14.5 Å². The number of ether oxygens (including phenoxy) is 2. The molecule has 2 saturated heterocycles. The molecule has 1 amide bonds. The summed E-state index contributed by atoms with van der Waals surface area (Å²) in [5.41, 5.74) is 1.65. The Hall–Kier alpha value is -2.87. The molecule has 32 heavy (non-hydrogen) atoms. The van der Waals surface area contributed by atoms with Gasteiger partial charge in [0.1, 0.15) is 5.82 Å². The number of carbonyl (C=O) groups excluding carboxylic acids is 1. The lowest BCUT2D eigenvalue weighted by Crippen LogP contribution is -2.40. The van der Waals surface area contributed by atoms with Crippen molar-refractivity contribution in [2.24, 2.45) is 0 Å². The number of fused-ring (bicyclic) bond motifs is 1.